The third kappa shape index (κ3) is 7.93. The number of ketones is 1. The van der Waals surface area contributed by atoms with Crippen LogP contribution < -0.4 is 10.6 Å². The molecule has 3 saturated heterocycles. The fourth-order valence-electron chi connectivity index (χ4n) is 6.63. The van der Waals surface area contributed by atoms with Crippen LogP contribution in [0.4, 0.5) is 14.3 Å². The van der Waals surface area contributed by atoms with Gasteiger partial charge in [-0.15, -0.1) is 0 Å². The van der Waals surface area contributed by atoms with Gasteiger partial charge in [0.15, 0.2) is 10.9 Å². The molecule has 42 heavy (non-hydrogen) atoms. The third-order valence-corrected chi connectivity index (χ3v) is 10.00. The molecule has 3 aliphatic rings. The maximum Gasteiger partial charge on any atom is 0.321 e. The SMILES string of the molecule is CC(=O)c1sc(NC(=O)N[C@H]2CN(C(=O)C3CCOCC3)CC[C@H]2CN2CCCC(Cc3ccc(F)cc3)C2)nc1C. The lowest BCUT2D eigenvalue weighted by atomic mass is 9.87. The first-order valence-corrected chi connectivity index (χ1v) is 16.0. The van der Waals surface area contributed by atoms with Crippen molar-refractivity contribution < 1.29 is 23.5 Å². The molecule has 11 heteroatoms. The van der Waals surface area contributed by atoms with Crippen LogP contribution in [0.2, 0.25) is 0 Å². The van der Waals surface area contributed by atoms with E-state index in [1.54, 1.807) is 6.92 Å². The molecule has 2 aromatic rings. The molecular formula is C31H42FN5O4S. The summed E-state index contributed by atoms with van der Waals surface area (Å²) in [6.45, 7) is 8.44. The number of carbonyl (C=O) groups excluding carboxylic acids is 3. The van der Waals surface area contributed by atoms with E-state index in [4.69, 9.17) is 4.74 Å². The number of amides is 3. The molecule has 3 amide bonds. The highest BCUT2D eigenvalue weighted by Gasteiger charge is 2.37. The second kappa shape index (κ2) is 14.1. The van der Waals surface area contributed by atoms with Crippen molar-refractivity contribution in [2.45, 2.75) is 58.4 Å². The molecule has 9 nitrogen and oxygen atoms in total. The Balaban J connectivity index is 1.24. The van der Waals surface area contributed by atoms with E-state index in [9.17, 15) is 18.8 Å². The summed E-state index contributed by atoms with van der Waals surface area (Å²) in [4.78, 5) is 47.7. The molecule has 0 spiro atoms. The number of aromatic nitrogens is 1. The number of urea groups is 1. The van der Waals surface area contributed by atoms with Crippen molar-refractivity contribution in [3.8, 4) is 0 Å². The van der Waals surface area contributed by atoms with E-state index >= 15 is 0 Å². The predicted octanol–water partition coefficient (Wildman–Crippen LogP) is 4.51. The second-order valence-electron chi connectivity index (χ2n) is 12.0. The highest BCUT2D eigenvalue weighted by Crippen LogP contribution is 2.28. The molecule has 0 aliphatic carbocycles. The van der Waals surface area contributed by atoms with Crippen LogP contribution in [0.15, 0.2) is 24.3 Å². The highest BCUT2D eigenvalue weighted by molar-refractivity contribution is 7.17. The zero-order valence-corrected chi connectivity index (χ0v) is 25.4. The molecule has 1 unspecified atom stereocenters. The number of anilines is 1. The second-order valence-corrected chi connectivity index (χ2v) is 13.0. The van der Waals surface area contributed by atoms with Gasteiger partial charge in [0.25, 0.3) is 0 Å². The average molecular weight is 600 g/mol. The molecule has 228 valence electrons. The smallest absolute Gasteiger partial charge is 0.321 e. The van der Waals surface area contributed by atoms with Crippen LogP contribution in [0.25, 0.3) is 0 Å². The van der Waals surface area contributed by atoms with Gasteiger partial charge in [0.1, 0.15) is 5.82 Å². The maximum atomic E-state index is 13.4. The summed E-state index contributed by atoms with van der Waals surface area (Å²) in [5.41, 5.74) is 1.76. The van der Waals surface area contributed by atoms with E-state index in [1.807, 2.05) is 17.0 Å². The van der Waals surface area contributed by atoms with Gasteiger partial charge in [-0.1, -0.05) is 23.5 Å². The van der Waals surface area contributed by atoms with Gasteiger partial charge in [-0.3, -0.25) is 14.9 Å². The number of nitrogens with zero attached hydrogens (tertiary/aromatic N) is 3. The van der Waals surface area contributed by atoms with Gasteiger partial charge in [-0.25, -0.2) is 14.2 Å². The van der Waals surface area contributed by atoms with E-state index < -0.39 is 0 Å². The van der Waals surface area contributed by atoms with Gasteiger partial charge in [-0.2, -0.15) is 0 Å². The van der Waals surface area contributed by atoms with Gasteiger partial charge < -0.3 is 19.9 Å². The van der Waals surface area contributed by atoms with Crippen LogP contribution in [0.5, 0.6) is 0 Å². The number of hydrogen-bond acceptors (Lipinski definition) is 7. The summed E-state index contributed by atoms with van der Waals surface area (Å²) >= 11 is 1.18. The lowest BCUT2D eigenvalue weighted by Gasteiger charge is -2.43. The number of benzene rings is 1. The van der Waals surface area contributed by atoms with Crippen LogP contribution in [0, 0.1) is 30.5 Å². The minimum absolute atomic E-state index is 0.0256. The fourth-order valence-corrected chi connectivity index (χ4v) is 7.49. The molecule has 1 aromatic heterocycles. The number of likely N-dealkylation sites (tertiary alicyclic amines) is 2. The Kier molecular flexibility index (Phi) is 10.2. The first-order chi connectivity index (χ1) is 20.2. The Hall–Kier alpha value is -2.89. The van der Waals surface area contributed by atoms with Gasteiger partial charge in [0.2, 0.25) is 5.91 Å². The quantitative estimate of drug-likeness (QED) is 0.433. The number of halogens is 1. The standard InChI is InChI=1S/C31H42FN5O4S/c1-20-28(21(2)38)42-31(33-20)35-30(40)34-27-19-37(29(39)24-10-14-41-15-11-24)13-9-25(27)18-36-12-3-4-23(17-36)16-22-5-7-26(32)8-6-22/h5-8,23-25,27H,3-4,9-19H2,1-2H3,(H2,33,34,35,40)/t23?,25-,27-/m0/s1. The van der Waals surface area contributed by atoms with Crippen molar-refractivity contribution in [3.05, 3.63) is 46.2 Å². The van der Waals surface area contributed by atoms with Crippen molar-refractivity contribution in [2.24, 2.45) is 17.8 Å². The molecule has 0 radical (unpaired) electrons. The van der Waals surface area contributed by atoms with Gasteiger partial charge in [-0.05, 0) is 81.5 Å². The number of hydrogen-bond donors (Lipinski definition) is 2. The van der Waals surface area contributed by atoms with Crippen LogP contribution >= 0.6 is 11.3 Å². The molecule has 1 aromatic carbocycles. The zero-order chi connectivity index (χ0) is 29.6. The Morgan fingerprint density at radius 3 is 2.55 bits per heavy atom. The van der Waals surface area contributed by atoms with Gasteiger partial charge >= 0.3 is 6.03 Å². The largest absolute Gasteiger partial charge is 0.381 e. The minimum atomic E-state index is -0.373. The average Bonchev–Trinajstić information content (AvgIpc) is 3.35. The molecule has 0 saturated carbocycles. The summed E-state index contributed by atoms with van der Waals surface area (Å²) in [6, 6.07) is 6.22. The number of nitrogens with one attached hydrogen (secondary N) is 2. The Bertz CT molecular complexity index is 1250. The molecule has 3 atom stereocenters. The normalized spacial score (nSPS) is 23.9. The molecule has 4 heterocycles. The fraction of sp³-hybridized carbons (Fsp3) is 0.613. The molecule has 5 rings (SSSR count). The summed E-state index contributed by atoms with van der Waals surface area (Å²) in [6.07, 6.45) is 5.46. The molecule has 0 bridgehead atoms. The molecule has 3 fully saturated rings. The molecule has 3 aliphatic heterocycles. The topological polar surface area (TPSA) is 104 Å². The summed E-state index contributed by atoms with van der Waals surface area (Å²) in [5, 5.41) is 6.37. The van der Waals surface area contributed by atoms with E-state index in [-0.39, 0.29) is 41.4 Å². The number of ether oxygens (including phenoxy) is 1. The number of rotatable bonds is 8. The van der Waals surface area contributed by atoms with Crippen molar-refractivity contribution >= 4 is 34.2 Å². The zero-order valence-electron chi connectivity index (χ0n) is 24.6. The monoisotopic (exact) mass is 599 g/mol. The first-order valence-electron chi connectivity index (χ1n) is 15.1. The van der Waals surface area contributed by atoms with Crippen LogP contribution in [-0.4, -0.2) is 84.5 Å². The van der Waals surface area contributed by atoms with Crippen molar-refractivity contribution in [2.75, 3.05) is 51.3 Å². The lowest BCUT2D eigenvalue weighted by molar-refractivity contribution is -0.140. The lowest BCUT2D eigenvalue weighted by Crippen LogP contribution is -2.58. The molecule has 2 N–H and O–H groups in total. The number of carbonyl (C=O) groups is 3. The highest BCUT2D eigenvalue weighted by atomic mass is 32.1. The van der Waals surface area contributed by atoms with Crippen molar-refractivity contribution in [1.82, 2.24) is 20.1 Å². The van der Waals surface area contributed by atoms with E-state index in [0.29, 0.717) is 47.9 Å². The summed E-state index contributed by atoms with van der Waals surface area (Å²) < 4.78 is 18.8. The number of Topliss-reactive ketones (excluding diaryl/α,β-unsaturated/α-hetero) is 1. The third-order valence-electron chi connectivity index (χ3n) is 8.82. The van der Waals surface area contributed by atoms with Crippen LogP contribution in [0.3, 0.4) is 0 Å². The van der Waals surface area contributed by atoms with Gasteiger partial charge in [0, 0.05) is 52.2 Å². The van der Waals surface area contributed by atoms with Crippen molar-refractivity contribution in [1.29, 1.82) is 0 Å². The van der Waals surface area contributed by atoms with E-state index in [2.05, 4.69) is 20.5 Å². The van der Waals surface area contributed by atoms with E-state index in [1.165, 1.54) is 30.4 Å². The van der Waals surface area contributed by atoms with Gasteiger partial charge in [0.05, 0.1) is 16.6 Å². The Morgan fingerprint density at radius 2 is 1.83 bits per heavy atom. The number of piperidine rings is 2. The van der Waals surface area contributed by atoms with E-state index in [0.717, 1.165) is 63.7 Å². The summed E-state index contributed by atoms with van der Waals surface area (Å²) in [5.74, 6) is 0.526. The Labute approximate surface area is 251 Å². The number of thiazole rings is 1. The van der Waals surface area contributed by atoms with Crippen molar-refractivity contribution in [3.63, 3.8) is 0 Å². The van der Waals surface area contributed by atoms with Crippen LogP contribution in [0.1, 0.15) is 60.0 Å². The number of aryl methyl sites for hydroxylation is 1. The maximum absolute atomic E-state index is 13.4. The molecular weight excluding hydrogens is 557 g/mol. The predicted molar refractivity (Wildman–Crippen MR) is 160 cm³/mol. The Morgan fingerprint density at radius 1 is 1.07 bits per heavy atom. The summed E-state index contributed by atoms with van der Waals surface area (Å²) in [7, 11) is 0. The first kappa shape index (κ1) is 30.6. The van der Waals surface area contributed by atoms with Crippen LogP contribution in [-0.2, 0) is 16.0 Å². The minimum Gasteiger partial charge on any atom is -0.381 e.